The van der Waals surface area contributed by atoms with Gasteiger partial charge < -0.3 is 28.8 Å². The van der Waals surface area contributed by atoms with Crippen molar-refractivity contribution in [3.8, 4) is 0 Å². The summed E-state index contributed by atoms with van der Waals surface area (Å²) in [7, 11) is 1.14. The Morgan fingerprint density at radius 2 is 1.69 bits per heavy atom. The Morgan fingerprint density at radius 1 is 1.06 bits per heavy atom. The van der Waals surface area contributed by atoms with Gasteiger partial charge in [-0.25, -0.2) is 14.4 Å². The van der Waals surface area contributed by atoms with Gasteiger partial charge in [0.15, 0.2) is 18.5 Å². The lowest BCUT2D eigenvalue weighted by molar-refractivity contribution is -0.765. The van der Waals surface area contributed by atoms with E-state index in [1.165, 1.54) is 29.1 Å². The molecule has 1 aliphatic heterocycles. The van der Waals surface area contributed by atoms with Crippen LogP contribution in [0.3, 0.4) is 0 Å². The molecule has 0 bridgehead atoms. The summed E-state index contributed by atoms with van der Waals surface area (Å²) in [6, 6.07) is 2.80. The number of carboxylic acid groups (broad SMARTS) is 1. The van der Waals surface area contributed by atoms with Crippen molar-refractivity contribution < 1.29 is 57.3 Å². The molecule has 172 valence electrons. The highest BCUT2D eigenvalue weighted by molar-refractivity contribution is 5.91. The van der Waals surface area contributed by atoms with E-state index in [0.717, 1.165) is 33.1 Å². The molecule has 1 saturated heterocycles. The predicted octanol–water partition coefficient (Wildman–Crippen LogP) is -0.294. The lowest BCUT2D eigenvalue weighted by atomic mass is 10.1. The Labute approximate surface area is 182 Å². The summed E-state index contributed by atoms with van der Waals surface area (Å²) in [4.78, 5) is 57.5. The minimum Gasteiger partial charge on any atom is -0.477 e. The fraction of sp³-hybridized carbons (Fsp3) is 0.400. The van der Waals surface area contributed by atoms with E-state index >= 15 is 0 Å². The number of aromatic nitrogens is 1. The molecule has 2 rings (SSSR count). The van der Waals surface area contributed by atoms with Crippen molar-refractivity contribution in [3.63, 3.8) is 0 Å². The zero-order valence-electron chi connectivity index (χ0n) is 17.5. The van der Waals surface area contributed by atoms with E-state index in [0.29, 0.717) is 0 Å². The van der Waals surface area contributed by atoms with Gasteiger partial charge in [0.2, 0.25) is 6.10 Å². The van der Waals surface area contributed by atoms with Gasteiger partial charge in [-0.05, 0) is 6.07 Å². The molecule has 0 spiro atoms. The van der Waals surface area contributed by atoms with Crippen molar-refractivity contribution in [1.82, 2.24) is 0 Å². The fourth-order valence-electron chi connectivity index (χ4n) is 2.93. The first-order chi connectivity index (χ1) is 15.1. The van der Waals surface area contributed by atoms with Gasteiger partial charge in [-0.3, -0.25) is 9.59 Å². The molecular formula is C20H22NO11+. The van der Waals surface area contributed by atoms with Gasteiger partial charge in [0.05, 0.1) is 7.11 Å². The topological polar surface area (TPSA) is 156 Å². The summed E-state index contributed by atoms with van der Waals surface area (Å²) in [5.74, 6) is -4.26. The first kappa shape index (κ1) is 24.5. The van der Waals surface area contributed by atoms with E-state index in [1.54, 1.807) is 0 Å². The van der Waals surface area contributed by atoms with Crippen LogP contribution < -0.4 is 4.57 Å². The highest BCUT2D eigenvalue weighted by Crippen LogP contribution is 2.31. The zero-order chi connectivity index (χ0) is 23.8. The highest BCUT2D eigenvalue weighted by atomic mass is 16.7. The van der Waals surface area contributed by atoms with Crippen LogP contribution in [0.4, 0.5) is 0 Å². The first-order valence-electron chi connectivity index (χ1n) is 9.29. The summed E-state index contributed by atoms with van der Waals surface area (Å²) in [5.41, 5.74) is -0.0652. The second-order valence-corrected chi connectivity index (χ2v) is 6.54. The largest absolute Gasteiger partial charge is 0.477 e. The summed E-state index contributed by atoms with van der Waals surface area (Å²) >= 11 is 0. The summed E-state index contributed by atoms with van der Waals surface area (Å²) in [6.45, 7) is 1.86. The van der Waals surface area contributed by atoms with E-state index in [2.05, 4.69) is 4.74 Å². The van der Waals surface area contributed by atoms with Crippen LogP contribution in [-0.4, -0.2) is 67.0 Å². The SMILES string of the molecule is COC(=O)/C=C/C(=O)OC[C@H]1O[C@@H]([n+]2cccc(C(=O)O)c2)[C@H](OC(C)=O)[C@@H]1OC(C)=O. The van der Waals surface area contributed by atoms with Crippen molar-refractivity contribution in [2.24, 2.45) is 0 Å². The van der Waals surface area contributed by atoms with E-state index in [1.807, 2.05) is 0 Å². The van der Waals surface area contributed by atoms with Crippen molar-refractivity contribution in [3.05, 3.63) is 42.2 Å². The smallest absolute Gasteiger partial charge is 0.341 e. The van der Waals surface area contributed by atoms with Crippen molar-refractivity contribution in [1.29, 1.82) is 0 Å². The van der Waals surface area contributed by atoms with Crippen LogP contribution in [0.15, 0.2) is 36.7 Å². The molecule has 0 aliphatic carbocycles. The summed E-state index contributed by atoms with van der Waals surface area (Å²) < 4.78 is 27.1. The number of esters is 4. The number of rotatable bonds is 8. The molecule has 1 aliphatic rings. The van der Waals surface area contributed by atoms with Gasteiger partial charge in [-0.1, -0.05) is 0 Å². The molecule has 0 unspecified atom stereocenters. The summed E-state index contributed by atoms with van der Waals surface area (Å²) in [6.07, 6.45) is -0.0540. The van der Waals surface area contributed by atoms with E-state index in [9.17, 15) is 29.1 Å². The number of methoxy groups -OCH3 is 1. The Kier molecular flexibility index (Phi) is 8.41. The maximum absolute atomic E-state index is 11.8. The molecule has 32 heavy (non-hydrogen) atoms. The third kappa shape index (κ3) is 6.60. The van der Waals surface area contributed by atoms with Crippen molar-refractivity contribution >= 4 is 29.8 Å². The maximum atomic E-state index is 11.8. The average molecular weight is 452 g/mol. The normalized spacial score (nSPS) is 22.2. The Balaban J connectivity index is 2.29. The Bertz CT molecular complexity index is 926. The van der Waals surface area contributed by atoms with Crippen LogP contribution in [0.1, 0.15) is 30.4 Å². The zero-order valence-corrected chi connectivity index (χ0v) is 17.5. The van der Waals surface area contributed by atoms with Crippen LogP contribution in [0.25, 0.3) is 0 Å². The number of hydrogen-bond acceptors (Lipinski definition) is 10. The molecule has 2 heterocycles. The van der Waals surface area contributed by atoms with Gasteiger partial charge in [0, 0.05) is 32.1 Å². The minimum absolute atomic E-state index is 0.0652. The van der Waals surface area contributed by atoms with Crippen LogP contribution in [0, 0.1) is 0 Å². The quantitative estimate of drug-likeness (QED) is 0.239. The summed E-state index contributed by atoms with van der Waals surface area (Å²) in [5, 5.41) is 9.23. The predicted molar refractivity (Wildman–Crippen MR) is 101 cm³/mol. The van der Waals surface area contributed by atoms with E-state index in [-0.39, 0.29) is 5.56 Å². The lowest BCUT2D eigenvalue weighted by Crippen LogP contribution is -2.48. The molecule has 0 amide bonds. The Hall–Kier alpha value is -3.80. The molecule has 12 nitrogen and oxygen atoms in total. The van der Waals surface area contributed by atoms with Gasteiger partial charge >= 0.3 is 36.1 Å². The second-order valence-electron chi connectivity index (χ2n) is 6.54. The number of aromatic carboxylic acids is 1. The number of ether oxygens (including phenoxy) is 5. The lowest BCUT2D eigenvalue weighted by Gasteiger charge is -2.21. The van der Waals surface area contributed by atoms with Crippen LogP contribution in [-0.2, 0) is 42.9 Å². The molecule has 1 aromatic heterocycles. The molecule has 4 atom stereocenters. The highest BCUT2D eigenvalue weighted by Gasteiger charge is 2.54. The average Bonchev–Trinajstić information content (AvgIpc) is 3.06. The van der Waals surface area contributed by atoms with Gasteiger partial charge in [0.1, 0.15) is 18.3 Å². The first-order valence-corrected chi connectivity index (χ1v) is 9.29. The molecule has 1 fully saturated rings. The number of hydrogen-bond donors (Lipinski definition) is 1. The fourth-order valence-corrected chi connectivity index (χ4v) is 2.93. The standard InChI is InChI=1S/C20H21NO11/c1-11(22)30-17-14(10-29-16(25)7-6-15(24)28-3)32-19(18(17)31-12(2)23)21-8-4-5-13(9-21)20(26)27/h4-9,14,17-19H,10H2,1-3H3/p+1/b7-6+/t14-,17-,18-,19-/m1/s1. The number of carboxylic acids is 1. The van der Waals surface area contributed by atoms with Crippen LogP contribution in [0.2, 0.25) is 0 Å². The minimum atomic E-state index is -1.19. The molecule has 0 radical (unpaired) electrons. The van der Waals surface area contributed by atoms with Gasteiger partial charge in [-0.2, -0.15) is 4.57 Å². The van der Waals surface area contributed by atoms with E-state index in [4.69, 9.17) is 18.9 Å². The molecule has 1 aromatic rings. The Morgan fingerprint density at radius 3 is 2.28 bits per heavy atom. The second kappa shape index (κ2) is 11.0. The molecule has 1 N–H and O–H groups in total. The monoisotopic (exact) mass is 452 g/mol. The molecule has 12 heteroatoms. The third-order valence-corrected chi connectivity index (χ3v) is 4.20. The third-order valence-electron chi connectivity index (χ3n) is 4.20. The molecule has 0 aromatic carbocycles. The molecule has 0 saturated carbocycles. The van der Waals surface area contributed by atoms with Crippen molar-refractivity contribution in [2.45, 2.75) is 38.4 Å². The van der Waals surface area contributed by atoms with Crippen molar-refractivity contribution in [2.75, 3.05) is 13.7 Å². The molecular weight excluding hydrogens is 430 g/mol. The van der Waals surface area contributed by atoms with E-state index < -0.39 is 61.0 Å². The number of carbonyl (C=O) groups is 5. The van der Waals surface area contributed by atoms with Gasteiger partial charge in [-0.15, -0.1) is 0 Å². The number of pyridine rings is 1. The van der Waals surface area contributed by atoms with Crippen LogP contribution in [0.5, 0.6) is 0 Å². The van der Waals surface area contributed by atoms with Gasteiger partial charge in [0.25, 0.3) is 0 Å². The maximum Gasteiger partial charge on any atom is 0.341 e. The van der Waals surface area contributed by atoms with Crippen LogP contribution >= 0.6 is 0 Å². The number of nitrogens with zero attached hydrogens (tertiary/aromatic N) is 1. The number of carbonyl (C=O) groups excluding carboxylic acids is 4.